The predicted molar refractivity (Wildman–Crippen MR) is 128 cm³/mol. The molecule has 1 fully saturated rings. The minimum Gasteiger partial charge on any atom is -0.310 e. The summed E-state index contributed by atoms with van der Waals surface area (Å²) >= 11 is 6.15. The molecule has 9 heteroatoms. The van der Waals surface area contributed by atoms with Crippen LogP contribution in [0.2, 0.25) is 5.15 Å². The van der Waals surface area contributed by atoms with Crippen molar-refractivity contribution in [2.75, 3.05) is 0 Å². The lowest BCUT2D eigenvalue weighted by molar-refractivity contribution is 0.160. The van der Waals surface area contributed by atoms with Gasteiger partial charge in [-0.1, -0.05) is 23.7 Å². The number of alkyl halides is 1. The van der Waals surface area contributed by atoms with Gasteiger partial charge in [-0.3, -0.25) is 13.5 Å². The number of nitrogens with zero attached hydrogens (tertiary/aromatic N) is 4. The van der Waals surface area contributed by atoms with Crippen molar-refractivity contribution in [2.24, 2.45) is 14.1 Å². The van der Waals surface area contributed by atoms with Crippen LogP contribution in [0.1, 0.15) is 30.4 Å². The summed E-state index contributed by atoms with van der Waals surface area (Å²) in [5.74, 6) is 0. The van der Waals surface area contributed by atoms with Crippen LogP contribution in [0, 0.1) is 0 Å². The van der Waals surface area contributed by atoms with Crippen molar-refractivity contribution in [2.45, 2.75) is 50.6 Å². The molecule has 0 bridgehead atoms. The Labute approximate surface area is 196 Å². The van der Waals surface area contributed by atoms with E-state index in [2.05, 4.69) is 15.6 Å². The fourth-order valence-corrected chi connectivity index (χ4v) is 5.06. The second kappa shape index (κ2) is 8.93. The second-order valence-corrected chi connectivity index (χ2v) is 9.31. The van der Waals surface area contributed by atoms with Gasteiger partial charge in [0, 0.05) is 51.0 Å². The molecule has 4 aromatic rings. The van der Waals surface area contributed by atoms with Gasteiger partial charge < -0.3 is 10.6 Å². The first kappa shape index (κ1) is 22.1. The van der Waals surface area contributed by atoms with Gasteiger partial charge in [-0.15, -0.1) is 0 Å². The smallest absolute Gasteiger partial charge is 0.310 e. The first-order valence-electron chi connectivity index (χ1n) is 11.3. The van der Waals surface area contributed by atoms with Crippen molar-refractivity contribution in [3.63, 3.8) is 0 Å². The van der Waals surface area contributed by atoms with Gasteiger partial charge in [-0.2, -0.15) is 0 Å². The molecule has 0 radical (unpaired) electrons. The highest BCUT2D eigenvalue weighted by atomic mass is 35.5. The molecule has 3 atom stereocenters. The molecular formula is C24H28ClFN6O. The van der Waals surface area contributed by atoms with E-state index in [1.807, 2.05) is 40.9 Å². The van der Waals surface area contributed by atoms with Gasteiger partial charge >= 0.3 is 5.69 Å². The maximum Gasteiger partial charge on any atom is 0.328 e. The SMILES string of the molecule is Cn1c(=O)n(C)c2cc(CN[C@@H]3CC[C@@H](NCc4cccn5c(Cl)cnc45)C[C@@H]3F)ccc21. The Hall–Kier alpha value is -2.68. The fraction of sp³-hybridized carbons (Fsp3) is 0.417. The molecule has 1 aliphatic carbocycles. The molecule has 0 aliphatic heterocycles. The third kappa shape index (κ3) is 4.18. The van der Waals surface area contributed by atoms with Crippen LogP contribution in [0.4, 0.5) is 4.39 Å². The van der Waals surface area contributed by atoms with Crippen LogP contribution < -0.4 is 16.3 Å². The Bertz CT molecular complexity index is 1360. The molecule has 5 rings (SSSR count). The van der Waals surface area contributed by atoms with Gasteiger partial charge in [-0.05, 0) is 43.0 Å². The lowest BCUT2D eigenvalue weighted by Crippen LogP contribution is -2.46. The maximum atomic E-state index is 15.0. The van der Waals surface area contributed by atoms with Gasteiger partial charge in [0.05, 0.1) is 17.2 Å². The Balaban J connectivity index is 1.17. The van der Waals surface area contributed by atoms with Gasteiger partial charge in [0.25, 0.3) is 0 Å². The van der Waals surface area contributed by atoms with Crippen LogP contribution in [0.3, 0.4) is 0 Å². The van der Waals surface area contributed by atoms with E-state index in [4.69, 9.17) is 11.6 Å². The largest absolute Gasteiger partial charge is 0.328 e. The molecule has 174 valence electrons. The molecule has 33 heavy (non-hydrogen) atoms. The quantitative estimate of drug-likeness (QED) is 0.453. The van der Waals surface area contributed by atoms with Crippen molar-refractivity contribution in [3.8, 4) is 0 Å². The van der Waals surface area contributed by atoms with E-state index < -0.39 is 6.17 Å². The van der Waals surface area contributed by atoms with Crippen LogP contribution in [-0.2, 0) is 27.2 Å². The number of aromatic nitrogens is 4. The molecule has 1 aromatic carbocycles. The van der Waals surface area contributed by atoms with E-state index in [1.165, 1.54) is 0 Å². The minimum absolute atomic E-state index is 0.0446. The molecule has 0 amide bonds. The highest BCUT2D eigenvalue weighted by molar-refractivity contribution is 6.29. The van der Waals surface area contributed by atoms with Crippen LogP contribution in [0.5, 0.6) is 0 Å². The number of pyridine rings is 1. The Kier molecular flexibility index (Phi) is 5.99. The molecule has 3 heterocycles. The van der Waals surface area contributed by atoms with E-state index in [9.17, 15) is 9.18 Å². The second-order valence-electron chi connectivity index (χ2n) is 8.93. The molecule has 3 aromatic heterocycles. The number of aryl methyl sites for hydroxylation is 2. The summed E-state index contributed by atoms with van der Waals surface area (Å²) in [7, 11) is 3.54. The summed E-state index contributed by atoms with van der Waals surface area (Å²) < 4.78 is 20.1. The van der Waals surface area contributed by atoms with E-state index in [0.717, 1.165) is 40.6 Å². The molecule has 2 N–H and O–H groups in total. The van der Waals surface area contributed by atoms with Gasteiger partial charge in [0.2, 0.25) is 0 Å². The number of benzene rings is 1. The summed E-state index contributed by atoms with van der Waals surface area (Å²) in [6.45, 7) is 1.20. The van der Waals surface area contributed by atoms with Crippen molar-refractivity contribution in [1.29, 1.82) is 0 Å². The number of fused-ring (bicyclic) bond motifs is 2. The van der Waals surface area contributed by atoms with E-state index in [0.29, 0.717) is 24.7 Å². The van der Waals surface area contributed by atoms with Crippen LogP contribution >= 0.6 is 11.6 Å². The predicted octanol–water partition coefficient (Wildman–Crippen LogP) is 3.32. The summed E-state index contributed by atoms with van der Waals surface area (Å²) in [4.78, 5) is 16.5. The normalized spacial score (nSPS) is 21.3. The average molecular weight is 471 g/mol. The molecule has 1 aliphatic rings. The first-order chi connectivity index (χ1) is 15.9. The highest BCUT2D eigenvalue weighted by Crippen LogP contribution is 2.24. The number of imidazole rings is 2. The molecule has 1 saturated carbocycles. The number of nitrogens with one attached hydrogen (secondary N) is 2. The highest BCUT2D eigenvalue weighted by Gasteiger charge is 2.30. The standard InChI is InChI=1S/C24H28ClFN6O/c1-30-20-8-5-15(10-21(20)31(2)24(30)33)12-28-19-7-6-17(11-18(19)26)27-13-16-4-3-9-32-22(25)14-29-23(16)32/h3-5,8-10,14,17-19,27-28H,6-7,11-13H2,1-2H3/t17-,18+,19-/m1/s1. The number of hydrogen-bond donors (Lipinski definition) is 2. The zero-order valence-electron chi connectivity index (χ0n) is 18.8. The Morgan fingerprint density at radius 3 is 2.76 bits per heavy atom. The molecule has 0 spiro atoms. The summed E-state index contributed by atoms with van der Waals surface area (Å²) in [6.07, 6.45) is 4.76. The van der Waals surface area contributed by atoms with Crippen molar-refractivity contribution in [3.05, 3.63) is 69.5 Å². The maximum absolute atomic E-state index is 15.0. The first-order valence-corrected chi connectivity index (χ1v) is 11.7. The van der Waals surface area contributed by atoms with Gasteiger partial charge in [0.15, 0.2) is 0 Å². The third-order valence-electron chi connectivity index (χ3n) is 6.83. The van der Waals surface area contributed by atoms with Crippen LogP contribution in [-0.4, -0.2) is 36.8 Å². The van der Waals surface area contributed by atoms with E-state index in [1.54, 1.807) is 29.4 Å². The minimum atomic E-state index is -0.919. The summed E-state index contributed by atoms with van der Waals surface area (Å²) in [5, 5.41) is 7.47. The summed E-state index contributed by atoms with van der Waals surface area (Å²) in [6, 6.07) is 9.87. The number of rotatable bonds is 6. The Morgan fingerprint density at radius 1 is 1.12 bits per heavy atom. The van der Waals surface area contributed by atoms with Crippen LogP contribution in [0.25, 0.3) is 16.7 Å². The molecular weight excluding hydrogens is 443 g/mol. The zero-order chi connectivity index (χ0) is 23.1. The van der Waals surface area contributed by atoms with E-state index >= 15 is 0 Å². The number of halogens is 2. The van der Waals surface area contributed by atoms with E-state index in [-0.39, 0.29) is 17.8 Å². The molecule has 7 nitrogen and oxygen atoms in total. The fourth-order valence-electron chi connectivity index (χ4n) is 4.87. The summed E-state index contributed by atoms with van der Waals surface area (Å²) in [5.41, 5.74) is 4.66. The molecule has 0 unspecified atom stereocenters. The van der Waals surface area contributed by atoms with Crippen molar-refractivity contribution < 1.29 is 4.39 Å². The van der Waals surface area contributed by atoms with Crippen molar-refractivity contribution >= 4 is 28.3 Å². The topological polar surface area (TPSA) is 68.3 Å². The Morgan fingerprint density at radius 2 is 1.94 bits per heavy atom. The average Bonchev–Trinajstić information content (AvgIpc) is 3.30. The lowest BCUT2D eigenvalue weighted by atomic mass is 9.89. The monoisotopic (exact) mass is 470 g/mol. The lowest BCUT2D eigenvalue weighted by Gasteiger charge is -2.33. The molecule has 0 saturated heterocycles. The van der Waals surface area contributed by atoms with Gasteiger partial charge in [0.1, 0.15) is 17.0 Å². The van der Waals surface area contributed by atoms with Gasteiger partial charge in [-0.25, -0.2) is 14.2 Å². The van der Waals surface area contributed by atoms with Crippen LogP contribution in [0.15, 0.2) is 47.5 Å². The third-order valence-corrected chi connectivity index (χ3v) is 7.11. The van der Waals surface area contributed by atoms with Crippen molar-refractivity contribution in [1.82, 2.24) is 29.2 Å². The zero-order valence-corrected chi connectivity index (χ0v) is 19.5. The number of hydrogen-bond acceptors (Lipinski definition) is 4.